The molecule has 4 heteroatoms. The Bertz CT molecular complexity index is 540. The maximum absolute atomic E-state index is 4.42. The van der Waals surface area contributed by atoms with Crippen molar-refractivity contribution in [1.82, 2.24) is 14.6 Å². The molecule has 0 saturated heterocycles. The van der Waals surface area contributed by atoms with E-state index in [0.717, 1.165) is 29.5 Å². The lowest BCUT2D eigenvalue weighted by Crippen LogP contribution is -2.06. The highest BCUT2D eigenvalue weighted by molar-refractivity contribution is 5.67. The van der Waals surface area contributed by atoms with Crippen LogP contribution < -0.4 is 5.32 Å². The first kappa shape index (κ1) is 12.5. The van der Waals surface area contributed by atoms with E-state index < -0.39 is 0 Å². The predicted molar refractivity (Wildman–Crippen MR) is 77.4 cm³/mol. The van der Waals surface area contributed by atoms with Crippen LogP contribution >= 0.6 is 0 Å². The van der Waals surface area contributed by atoms with Gasteiger partial charge in [0, 0.05) is 18.9 Å². The maximum atomic E-state index is 4.42. The number of aromatic nitrogens is 3. The van der Waals surface area contributed by atoms with Crippen molar-refractivity contribution in [2.45, 2.75) is 45.4 Å². The lowest BCUT2D eigenvalue weighted by atomic mass is 10.0. The van der Waals surface area contributed by atoms with Crippen molar-refractivity contribution in [3.05, 3.63) is 24.2 Å². The van der Waals surface area contributed by atoms with Crippen LogP contribution in [0.2, 0.25) is 0 Å². The second-order valence-electron chi connectivity index (χ2n) is 5.61. The normalized spacial score (nSPS) is 16.3. The van der Waals surface area contributed by atoms with Crippen molar-refractivity contribution >= 4 is 11.3 Å². The number of nitrogens with one attached hydrogen (secondary N) is 1. The van der Waals surface area contributed by atoms with Gasteiger partial charge in [-0.1, -0.05) is 25.7 Å². The van der Waals surface area contributed by atoms with Crippen molar-refractivity contribution in [2.75, 3.05) is 11.9 Å². The third-order valence-electron chi connectivity index (χ3n) is 4.07. The van der Waals surface area contributed by atoms with E-state index in [4.69, 9.17) is 0 Å². The van der Waals surface area contributed by atoms with Gasteiger partial charge in [-0.2, -0.15) is 5.10 Å². The lowest BCUT2D eigenvalue weighted by molar-refractivity contribution is 0.491. The van der Waals surface area contributed by atoms with E-state index in [1.165, 1.54) is 38.5 Å². The summed E-state index contributed by atoms with van der Waals surface area (Å²) in [5.74, 6) is 1.93. The van der Waals surface area contributed by atoms with Crippen LogP contribution in [-0.4, -0.2) is 21.1 Å². The number of nitrogens with zero attached hydrogens (tertiary/aromatic N) is 3. The highest BCUT2D eigenvalue weighted by Crippen LogP contribution is 2.28. The number of rotatable bonds is 5. The summed E-state index contributed by atoms with van der Waals surface area (Å²) in [4.78, 5) is 4.42. The molecule has 0 unspecified atom stereocenters. The summed E-state index contributed by atoms with van der Waals surface area (Å²) in [6, 6.07) is 2.08. The Morgan fingerprint density at radius 1 is 1.37 bits per heavy atom. The molecule has 4 nitrogen and oxygen atoms in total. The molecule has 2 heterocycles. The fourth-order valence-corrected chi connectivity index (χ4v) is 3.08. The van der Waals surface area contributed by atoms with Crippen LogP contribution in [0.4, 0.5) is 5.82 Å². The molecule has 0 bridgehead atoms. The first-order chi connectivity index (χ1) is 9.33. The van der Waals surface area contributed by atoms with E-state index in [1.54, 1.807) is 6.20 Å². The topological polar surface area (TPSA) is 42.2 Å². The summed E-state index contributed by atoms with van der Waals surface area (Å²) in [6.45, 7) is 3.02. The van der Waals surface area contributed by atoms with Crippen LogP contribution in [-0.2, 0) is 0 Å². The van der Waals surface area contributed by atoms with E-state index in [9.17, 15) is 0 Å². The molecular formula is C15H22N4. The standard InChI is InChI=1S/C15H22N4/c1-12-11-14-15(17-9-10-19(14)18-12)16-8-4-7-13-5-2-3-6-13/h9-11,13H,2-8H2,1H3,(H,16,17). The van der Waals surface area contributed by atoms with Gasteiger partial charge in [-0.05, 0) is 31.7 Å². The minimum Gasteiger partial charge on any atom is -0.368 e. The van der Waals surface area contributed by atoms with E-state index in [2.05, 4.69) is 21.5 Å². The highest BCUT2D eigenvalue weighted by atomic mass is 15.2. The van der Waals surface area contributed by atoms with Gasteiger partial charge < -0.3 is 5.32 Å². The van der Waals surface area contributed by atoms with E-state index in [0.29, 0.717) is 0 Å². The van der Waals surface area contributed by atoms with Crippen molar-refractivity contribution in [1.29, 1.82) is 0 Å². The Kier molecular flexibility index (Phi) is 3.67. The van der Waals surface area contributed by atoms with Crippen molar-refractivity contribution in [3.8, 4) is 0 Å². The Labute approximate surface area is 114 Å². The number of aryl methyl sites for hydroxylation is 1. The fraction of sp³-hybridized carbons (Fsp3) is 0.600. The fourth-order valence-electron chi connectivity index (χ4n) is 3.08. The average molecular weight is 258 g/mol. The van der Waals surface area contributed by atoms with Gasteiger partial charge in [0.1, 0.15) is 5.52 Å². The van der Waals surface area contributed by atoms with Crippen LogP contribution in [0.1, 0.15) is 44.2 Å². The Morgan fingerprint density at radius 2 is 2.21 bits per heavy atom. The van der Waals surface area contributed by atoms with Crippen molar-refractivity contribution in [2.24, 2.45) is 5.92 Å². The zero-order valence-electron chi connectivity index (χ0n) is 11.6. The predicted octanol–water partition coefficient (Wildman–Crippen LogP) is 3.42. The average Bonchev–Trinajstić information content (AvgIpc) is 3.02. The van der Waals surface area contributed by atoms with Crippen LogP contribution in [0.5, 0.6) is 0 Å². The maximum Gasteiger partial charge on any atom is 0.152 e. The quantitative estimate of drug-likeness (QED) is 0.836. The first-order valence-electron chi connectivity index (χ1n) is 7.38. The van der Waals surface area contributed by atoms with E-state index in [1.807, 2.05) is 17.6 Å². The minimum atomic E-state index is 0.953. The van der Waals surface area contributed by atoms with Gasteiger partial charge in [-0.25, -0.2) is 9.50 Å². The second kappa shape index (κ2) is 5.59. The lowest BCUT2D eigenvalue weighted by Gasteiger charge is -2.10. The van der Waals surface area contributed by atoms with Gasteiger partial charge in [-0.3, -0.25) is 0 Å². The molecule has 1 aliphatic rings. The zero-order chi connectivity index (χ0) is 13.1. The van der Waals surface area contributed by atoms with Gasteiger partial charge in [-0.15, -0.1) is 0 Å². The van der Waals surface area contributed by atoms with E-state index >= 15 is 0 Å². The molecule has 2 aromatic heterocycles. The van der Waals surface area contributed by atoms with Gasteiger partial charge >= 0.3 is 0 Å². The van der Waals surface area contributed by atoms with Crippen LogP contribution in [0.15, 0.2) is 18.5 Å². The van der Waals surface area contributed by atoms with Crippen LogP contribution in [0.25, 0.3) is 5.52 Å². The molecule has 0 radical (unpaired) electrons. The van der Waals surface area contributed by atoms with Gasteiger partial charge in [0.2, 0.25) is 0 Å². The molecule has 19 heavy (non-hydrogen) atoms. The molecule has 102 valence electrons. The van der Waals surface area contributed by atoms with E-state index in [-0.39, 0.29) is 0 Å². The molecule has 2 aromatic rings. The molecule has 0 amide bonds. The molecule has 0 spiro atoms. The van der Waals surface area contributed by atoms with Crippen LogP contribution in [0.3, 0.4) is 0 Å². The number of hydrogen-bond donors (Lipinski definition) is 1. The molecule has 1 fully saturated rings. The summed E-state index contributed by atoms with van der Waals surface area (Å²) < 4.78 is 1.89. The molecular weight excluding hydrogens is 236 g/mol. The van der Waals surface area contributed by atoms with Gasteiger partial charge in [0.05, 0.1) is 5.69 Å². The van der Waals surface area contributed by atoms with Crippen molar-refractivity contribution in [3.63, 3.8) is 0 Å². The Balaban J connectivity index is 1.56. The molecule has 0 aromatic carbocycles. The first-order valence-corrected chi connectivity index (χ1v) is 7.38. The van der Waals surface area contributed by atoms with Crippen molar-refractivity contribution < 1.29 is 0 Å². The molecule has 1 N–H and O–H groups in total. The monoisotopic (exact) mass is 258 g/mol. The second-order valence-corrected chi connectivity index (χ2v) is 5.61. The van der Waals surface area contributed by atoms with Gasteiger partial charge in [0.15, 0.2) is 5.82 Å². The molecule has 1 saturated carbocycles. The minimum absolute atomic E-state index is 0.953. The Hall–Kier alpha value is -1.58. The third kappa shape index (κ3) is 2.88. The number of hydrogen-bond acceptors (Lipinski definition) is 3. The summed E-state index contributed by atoms with van der Waals surface area (Å²) in [7, 11) is 0. The summed E-state index contributed by atoms with van der Waals surface area (Å²) in [5.41, 5.74) is 2.10. The summed E-state index contributed by atoms with van der Waals surface area (Å²) in [6.07, 6.45) is 12.0. The third-order valence-corrected chi connectivity index (χ3v) is 4.07. The SMILES string of the molecule is Cc1cc2c(NCCCC3CCCC3)nccn2n1. The van der Waals surface area contributed by atoms with Crippen LogP contribution in [0, 0.1) is 12.8 Å². The van der Waals surface area contributed by atoms with Gasteiger partial charge in [0.25, 0.3) is 0 Å². The molecule has 0 atom stereocenters. The molecule has 3 rings (SSSR count). The Morgan fingerprint density at radius 3 is 3.05 bits per heavy atom. The highest BCUT2D eigenvalue weighted by Gasteiger charge is 2.14. The smallest absolute Gasteiger partial charge is 0.152 e. The number of fused-ring (bicyclic) bond motifs is 1. The molecule has 0 aliphatic heterocycles. The summed E-state index contributed by atoms with van der Waals surface area (Å²) in [5, 5.41) is 7.85. The molecule has 1 aliphatic carbocycles. The largest absolute Gasteiger partial charge is 0.368 e. The zero-order valence-corrected chi connectivity index (χ0v) is 11.6. The summed E-state index contributed by atoms with van der Waals surface area (Å²) >= 11 is 0. The number of anilines is 1.